The molecule has 0 amide bonds. The Morgan fingerprint density at radius 3 is 2.81 bits per heavy atom. The summed E-state index contributed by atoms with van der Waals surface area (Å²) in [6, 6.07) is 7.93. The molecule has 21 heavy (non-hydrogen) atoms. The normalized spacial score (nSPS) is 11.0. The number of rotatable bonds is 3. The Hall–Kier alpha value is -1.99. The van der Waals surface area contributed by atoms with Gasteiger partial charge in [-0.25, -0.2) is 4.98 Å². The molecule has 3 aromatic rings. The molecule has 2 heterocycles. The van der Waals surface area contributed by atoms with Crippen LogP contribution in [0.5, 0.6) is 5.75 Å². The van der Waals surface area contributed by atoms with Crippen LogP contribution in [-0.4, -0.2) is 17.1 Å². The van der Waals surface area contributed by atoms with Crippen LogP contribution in [0, 0.1) is 6.92 Å². The number of fused-ring (bicyclic) bond motifs is 1. The molecule has 0 saturated carbocycles. The molecular weight excluding hydrogens is 304 g/mol. The van der Waals surface area contributed by atoms with Gasteiger partial charge < -0.3 is 16.2 Å². The van der Waals surface area contributed by atoms with Gasteiger partial charge in [0.25, 0.3) is 0 Å². The average molecular weight is 318 g/mol. The Morgan fingerprint density at radius 1 is 1.24 bits per heavy atom. The van der Waals surface area contributed by atoms with Gasteiger partial charge in [-0.2, -0.15) is 4.98 Å². The lowest BCUT2D eigenvalue weighted by molar-refractivity contribution is 0.413. The fourth-order valence-corrected chi connectivity index (χ4v) is 4.45. The lowest BCUT2D eigenvalue weighted by atomic mass is 10.2. The van der Waals surface area contributed by atoms with Crippen LogP contribution in [0.4, 0.5) is 11.8 Å². The van der Waals surface area contributed by atoms with Gasteiger partial charge in [0, 0.05) is 4.90 Å². The first-order chi connectivity index (χ1) is 10.1. The van der Waals surface area contributed by atoms with Crippen LogP contribution in [0.25, 0.3) is 10.2 Å². The van der Waals surface area contributed by atoms with Crippen molar-refractivity contribution in [2.45, 2.75) is 16.0 Å². The molecule has 2 aromatic heterocycles. The van der Waals surface area contributed by atoms with Gasteiger partial charge in [0.1, 0.15) is 16.4 Å². The van der Waals surface area contributed by atoms with E-state index in [4.69, 9.17) is 16.2 Å². The Labute approximate surface area is 130 Å². The van der Waals surface area contributed by atoms with Crippen LogP contribution >= 0.6 is 23.1 Å². The van der Waals surface area contributed by atoms with Gasteiger partial charge in [0.15, 0.2) is 0 Å². The summed E-state index contributed by atoms with van der Waals surface area (Å²) in [5.74, 6) is 1.48. The summed E-state index contributed by atoms with van der Waals surface area (Å²) in [7, 11) is 1.66. The first-order valence-electron chi connectivity index (χ1n) is 6.22. The van der Waals surface area contributed by atoms with E-state index in [0.717, 1.165) is 30.6 Å². The Bertz CT molecular complexity index is 816. The molecule has 0 spiro atoms. The smallest absolute Gasteiger partial charge is 0.223 e. The van der Waals surface area contributed by atoms with E-state index in [2.05, 4.69) is 9.97 Å². The fourth-order valence-electron chi connectivity index (χ4n) is 2.04. The number of hydrogen-bond acceptors (Lipinski definition) is 7. The van der Waals surface area contributed by atoms with Crippen LogP contribution < -0.4 is 16.2 Å². The number of nitrogens with zero attached hydrogens (tertiary/aromatic N) is 2. The number of thiophene rings is 1. The van der Waals surface area contributed by atoms with Gasteiger partial charge in [-0.05, 0) is 30.7 Å². The molecule has 0 atom stereocenters. The molecule has 0 aliphatic rings. The summed E-state index contributed by atoms with van der Waals surface area (Å²) in [6.07, 6.45) is 0. The number of benzene rings is 1. The fraction of sp³-hybridized carbons (Fsp3) is 0.143. The van der Waals surface area contributed by atoms with Crippen LogP contribution in [0.3, 0.4) is 0 Å². The second-order valence-corrected chi connectivity index (χ2v) is 6.78. The standard InChI is InChI=1S/C14H14N4OS2/c1-7-10-11(15)17-14(16)18-12(10)21-13(7)20-9-5-3-4-8(6-9)19-2/h3-6H,1-2H3,(H4,15,16,17,18). The highest BCUT2D eigenvalue weighted by atomic mass is 32.2. The van der Waals surface area contributed by atoms with Gasteiger partial charge in [0.05, 0.1) is 16.7 Å². The van der Waals surface area contributed by atoms with Crippen molar-refractivity contribution in [3.63, 3.8) is 0 Å². The molecule has 0 fully saturated rings. The zero-order valence-corrected chi connectivity index (χ0v) is 13.2. The van der Waals surface area contributed by atoms with Crippen molar-refractivity contribution in [3.05, 3.63) is 29.8 Å². The lowest BCUT2D eigenvalue weighted by Crippen LogP contribution is -1.99. The van der Waals surface area contributed by atoms with E-state index in [9.17, 15) is 0 Å². The first-order valence-corrected chi connectivity index (χ1v) is 7.86. The zero-order valence-electron chi connectivity index (χ0n) is 11.6. The molecule has 1 aromatic carbocycles. The maximum atomic E-state index is 5.96. The molecule has 4 N–H and O–H groups in total. The summed E-state index contributed by atoms with van der Waals surface area (Å²) >= 11 is 3.23. The van der Waals surface area contributed by atoms with Gasteiger partial charge in [0.2, 0.25) is 5.95 Å². The minimum Gasteiger partial charge on any atom is -0.497 e. The average Bonchev–Trinajstić information content (AvgIpc) is 2.75. The van der Waals surface area contributed by atoms with E-state index in [0.29, 0.717) is 5.82 Å². The third-order valence-electron chi connectivity index (χ3n) is 3.04. The number of anilines is 2. The Morgan fingerprint density at radius 2 is 2.05 bits per heavy atom. The summed E-state index contributed by atoms with van der Waals surface area (Å²) < 4.78 is 6.38. The highest BCUT2D eigenvalue weighted by molar-refractivity contribution is 8.01. The van der Waals surface area contributed by atoms with Gasteiger partial charge in [-0.3, -0.25) is 0 Å². The van der Waals surface area contributed by atoms with Gasteiger partial charge in [-0.1, -0.05) is 17.8 Å². The Kier molecular flexibility index (Phi) is 3.60. The van der Waals surface area contributed by atoms with Crippen molar-refractivity contribution >= 4 is 45.1 Å². The quantitative estimate of drug-likeness (QED) is 0.770. The minimum atomic E-state index is 0.208. The number of aryl methyl sites for hydroxylation is 1. The molecule has 0 radical (unpaired) electrons. The largest absolute Gasteiger partial charge is 0.497 e. The number of nitrogen functional groups attached to an aromatic ring is 2. The maximum Gasteiger partial charge on any atom is 0.223 e. The number of hydrogen-bond donors (Lipinski definition) is 2. The summed E-state index contributed by atoms with van der Waals surface area (Å²) in [5, 5.41) is 0.889. The van der Waals surface area contributed by atoms with E-state index >= 15 is 0 Å². The van der Waals surface area contributed by atoms with Crippen molar-refractivity contribution in [2.75, 3.05) is 18.6 Å². The van der Waals surface area contributed by atoms with Crippen molar-refractivity contribution in [3.8, 4) is 5.75 Å². The van der Waals surface area contributed by atoms with Crippen molar-refractivity contribution in [2.24, 2.45) is 0 Å². The second kappa shape index (κ2) is 5.42. The molecule has 108 valence electrons. The van der Waals surface area contributed by atoms with Gasteiger partial charge >= 0.3 is 0 Å². The SMILES string of the molecule is COc1cccc(Sc2sc3nc(N)nc(N)c3c2C)c1. The van der Waals surface area contributed by atoms with E-state index in [1.165, 1.54) is 0 Å². The third-order valence-corrected chi connectivity index (χ3v) is 5.50. The van der Waals surface area contributed by atoms with E-state index in [1.807, 2.05) is 31.2 Å². The molecule has 0 unspecified atom stereocenters. The molecule has 7 heteroatoms. The topological polar surface area (TPSA) is 87.0 Å². The van der Waals surface area contributed by atoms with Crippen molar-refractivity contribution in [1.82, 2.24) is 9.97 Å². The van der Waals surface area contributed by atoms with Crippen molar-refractivity contribution in [1.29, 1.82) is 0 Å². The summed E-state index contributed by atoms with van der Waals surface area (Å²) in [5.41, 5.74) is 12.7. The molecule has 0 aliphatic heterocycles. The monoisotopic (exact) mass is 318 g/mol. The van der Waals surface area contributed by atoms with E-state index < -0.39 is 0 Å². The highest BCUT2D eigenvalue weighted by Gasteiger charge is 2.15. The molecule has 5 nitrogen and oxygen atoms in total. The molecule has 0 saturated heterocycles. The number of methoxy groups -OCH3 is 1. The number of aromatic nitrogens is 2. The second-order valence-electron chi connectivity index (χ2n) is 4.44. The molecule has 3 rings (SSSR count). The predicted octanol–water partition coefficient (Wildman–Crippen LogP) is 3.32. The summed E-state index contributed by atoms with van der Waals surface area (Å²) in [4.78, 5) is 10.2. The molecular formula is C14H14N4OS2. The first kappa shape index (κ1) is 14.0. The molecule has 0 bridgehead atoms. The Balaban J connectivity index is 2.04. The molecule has 0 aliphatic carbocycles. The maximum absolute atomic E-state index is 5.96. The van der Waals surface area contributed by atoms with Gasteiger partial charge in [-0.15, -0.1) is 11.3 Å². The van der Waals surface area contributed by atoms with E-state index in [1.54, 1.807) is 30.2 Å². The number of ether oxygens (including phenoxy) is 1. The number of nitrogens with two attached hydrogens (primary N) is 2. The van der Waals surface area contributed by atoms with Crippen LogP contribution in [0.15, 0.2) is 33.4 Å². The minimum absolute atomic E-state index is 0.208. The lowest BCUT2D eigenvalue weighted by Gasteiger charge is -2.03. The van der Waals surface area contributed by atoms with Crippen LogP contribution in [0.2, 0.25) is 0 Å². The van der Waals surface area contributed by atoms with Crippen LogP contribution in [0.1, 0.15) is 5.56 Å². The predicted molar refractivity (Wildman–Crippen MR) is 88.1 cm³/mol. The van der Waals surface area contributed by atoms with Crippen molar-refractivity contribution < 1.29 is 4.74 Å². The van der Waals surface area contributed by atoms with E-state index in [-0.39, 0.29) is 5.95 Å². The zero-order chi connectivity index (χ0) is 15.0. The third kappa shape index (κ3) is 2.62. The highest BCUT2D eigenvalue weighted by Crippen LogP contribution is 2.42. The van der Waals surface area contributed by atoms with Crippen LogP contribution in [-0.2, 0) is 0 Å². The summed E-state index contributed by atoms with van der Waals surface area (Å²) in [6.45, 7) is 2.03.